The van der Waals surface area contributed by atoms with E-state index in [1.807, 2.05) is 0 Å². The Morgan fingerprint density at radius 1 is 1.27 bits per heavy atom. The normalized spacial score (nSPS) is 45.0. The lowest BCUT2D eigenvalue weighted by Crippen LogP contribution is -2.50. The Kier molecular flexibility index (Phi) is 1.87. The molecule has 0 aromatic rings. The standard InChI is InChI=1S/C8H14O3/c1-8-2-3-9-4-7(8)5-10-6-11-8/h7H,2-6H2,1H3. The Morgan fingerprint density at radius 3 is 2.91 bits per heavy atom. The molecular formula is C8H14O3. The summed E-state index contributed by atoms with van der Waals surface area (Å²) in [6.07, 6.45) is 1.00. The number of hydrogen-bond donors (Lipinski definition) is 0. The molecule has 2 rings (SSSR count). The molecule has 64 valence electrons. The second kappa shape index (κ2) is 2.73. The van der Waals surface area contributed by atoms with Crippen molar-refractivity contribution < 1.29 is 14.2 Å². The molecule has 2 fully saturated rings. The first-order valence-electron chi connectivity index (χ1n) is 4.11. The van der Waals surface area contributed by atoms with Crippen LogP contribution in [0.5, 0.6) is 0 Å². The van der Waals surface area contributed by atoms with Crippen molar-refractivity contribution in [3.63, 3.8) is 0 Å². The van der Waals surface area contributed by atoms with Crippen molar-refractivity contribution >= 4 is 0 Å². The van der Waals surface area contributed by atoms with Gasteiger partial charge in [-0.1, -0.05) is 0 Å². The summed E-state index contributed by atoms with van der Waals surface area (Å²) in [4.78, 5) is 0. The van der Waals surface area contributed by atoms with E-state index < -0.39 is 0 Å². The van der Waals surface area contributed by atoms with Gasteiger partial charge in [0.1, 0.15) is 6.79 Å². The second-order valence-electron chi connectivity index (χ2n) is 3.47. The minimum absolute atomic E-state index is 0.0243. The van der Waals surface area contributed by atoms with E-state index in [-0.39, 0.29) is 5.60 Å². The molecule has 0 saturated carbocycles. The third-order valence-electron chi connectivity index (χ3n) is 2.72. The molecule has 0 amide bonds. The van der Waals surface area contributed by atoms with Crippen molar-refractivity contribution in [1.29, 1.82) is 0 Å². The fourth-order valence-electron chi connectivity index (χ4n) is 1.66. The molecule has 0 aromatic carbocycles. The molecule has 2 atom stereocenters. The van der Waals surface area contributed by atoms with Gasteiger partial charge in [0.05, 0.1) is 18.8 Å². The Bertz CT molecular complexity index is 134. The van der Waals surface area contributed by atoms with E-state index in [1.54, 1.807) is 0 Å². The summed E-state index contributed by atoms with van der Waals surface area (Å²) in [7, 11) is 0. The van der Waals surface area contributed by atoms with Gasteiger partial charge >= 0.3 is 0 Å². The molecule has 3 nitrogen and oxygen atoms in total. The van der Waals surface area contributed by atoms with Gasteiger partial charge in [-0.05, 0) is 6.92 Å². The van der Waals surface area contributed by atoms with Crippen LogP contribution in [-0.2, 0) is 14.2 Å². The Balaban J connectivity index is 2.06. The maximum absolute atomic E-state index is 5.57. The molecule has 2 unspecified atom stereocenters. The summed E-state index contributed by atoms with van der Waals surface area (Å²) in [5.41, 5.74) is 0.0243. The molecular weight excluding hydrogens is 144 g/mol. The highest BCUT2D eigenvalue weighted by Gasteiger charge is 2.40. The Hall–Kier alpha value is -0.120. The van der Waals surface area contributed by atoms with Crippen LogP contribution < -0.4 is 0 Å². The van der Waals surface area contributed by atoms with Crippen molar-refractivity contribution in [1.82, 2.24) is 0 Å². The van der Waals surface area contributed by atoms with Crippen LogP contribution in [0.1, 0.15) is 13.3 Å². The van der Waals surface area contributed by atoms with Gasteiger partial charge < -0.3 is 14.2 Å². The number of fused-ring (bicyclic) bond motifs is 1. The highest BCUT2D eigenvalue weighted by atomic mass is 16.7. The lowest BCUT2D eigenvalue weighted by atomic mass is 9.85. The van der Waals surface area contributed by atoms with E-state index in [0.717, 1.165) is 26.2 Å². The lowest BCUT2D eigenvalue weighted by molar-refractivity contribution is -0.250. The minimum Gasteiger partial charge on any atom is -0.381 e. The van der Waals surface area contributed by atoms with E-state index in [1.165, 1.54) is 0 Å². The predicted octanol–water partition coefficient (Wildman–Crippen LogP) is 0.786. The van der Waals surface area contributed by atoms with Crippen LogP contribution in [0.15, 0.2) is 0 Å². The average Bonchev–Trinajstić information content (AvgIpc) is 2.03. The zero-order valence-electron chi connectivity index (χ0n) is 6.84. The van der Waals surface area contributed by atoms with Gasteiger partial charge in [-0.15, -0.1) is 0 Å². The van der Waals surface area contributed by atoms with Gasteiger partial charge in [0.15, 0.2) is 0 Å². The van der Waals surface area contributed by atoms with Crippen LogP contribution in [-0.4, -0.2) is 32.2 Å². The largest absolute Gasteiger partial charge is 0.381 e. The average molecular weight is 158 g/mol. The smallest absolute Gasteiger partial charge is 0.147 e. The number of hydrogen-bond acceptors (Lipinski definition) is 3. The number of rotatable bonds is 0. The first kappa shape index (κ1) is 7.53. The van der Waals surface area contributed by atoms with Crippen molar-refractivity contribution in [3.05, 3.63) is 0 Å². The molecule has 0 bridgehead atoms. The highest BCUT2D eigenvalue weighted by molar-refractivity contribution is 4.88. The lowest BCUT2D eigenvalue weighted by Gasteiger charge is -2.43. The van der Waals surface area contributed by atoms with Crippen LogP contribution in [0.2, 0.25) is 0 Å². The van der Waals surface area contributed by atoms with Crippen molar-refractivity contribution in [2.45, 2.75) is 18.9 Å². The maximum Gasteiger partial charge on any atom is 0.147 e. The van der Waals surface area contributed by atoms with E-state index in [0.29, 0.717) is 12.7 Å². The molecule has 11 heavy (non-hydrogen) atoms. The summed E-state index contributed by atoms with van der Waals surface area (Å²) in [6.45, 7) is 5.01. The summed E-state index contributed by atoms with van der Waals surface area (Å²) >= 11 is 0. The highest BCUT2D eigenvalue weighted by Crippen LogP contribution is 2.32. The molecule has 0 aromatic heterocycles. The van der Waals surface area contributed by atoms with Crippen LogP contribution in [0, 0.1) is 5.92 Å². The van der Waals surface area contributed by atoms with Gasteiger partial charge in [0.2, 0.25) is 0 Å². The summed E-state index contributed by atoms with van der Waals surface area (Å²) < 4.78 is 16.1. The second-order valence-corrected chi connectivity index (χ2v) is 3.47. The van der Waals surface area contributed by atoms with E-state index >= 15 is 0 Å². The molecule has 0 aliphatic carbocycles. The Labute approximate surface area is 66.6 Å². The maximum atomic E-state index is 5.57. The molecule has 3 heteroatoms. The van der Waals surface area contributed by atoms with Gasteiger partial charge in [-0.2, -0.15) is 0 Å². The molecule has 2 saturated heterocycles. The first-order valence-corrected chi connectivity index (χ1v) is 4.11. The Morgan fingerprint density at radius 2 is 2.09 bits per heavy atom. The van der Waals surface area contributed by atoms with Crippen molar-refractivity contribution in [2.75, 3.05) is 26.6 Å². The van der Waals surface area contributed by atoms with Crippen LogP contribution in [0.3, 0.4) is 0 Å². The van der Waals surface area contributed by atoms with Gasteiger partial charge in [-0.3, -0.25) is 0 Å². The van der Waals surface area contributed by atoms with E-state index in [2.05, 4.69) is 6.92 Å². The summed E-state index contributed by atoms with van der Waals surface area (Å²) in [5, 5.41) is 0. The molecule has 0 radical (unpaired) electrons. The fourth-order valence-corrected chi connectivity index (χ4v) is 1.66. The third-order valence-corrected chi connectivity index (χ3v) is 2.72. The molecule has 2 heterocycles. The fraction of sp³-hybridized carbons (Fsp3) is 1.00. The summed E-state index contributed by atoms with van der Waals surface area (Å²) in [6, 6.07) is 0. The zero-order valence-corrected chi connectivity index (χ0v) is 6.84. The van der Waals surface area contributed by atoms with Gasteiger partial charge in [0.25, 0.3) is 0 Å². The van der Waals surface area contributed by atoms with Gasteiger partial charge in [-0.25, -0.2) is 0 Å². The van der Waals surface area contributed by atoms with Crippen LogP contribution >= 0.6 is 0 Å². The SMILES string of the molecule is CC12CCOCC1COCO2. The van der Waals surface area contributed by atoms with E-state index in [4.69, 9.17) is 14.2 Å². The van der Waals surface area contributed by atoms with Crippen molar-refractivity contribution in [2.24, 2.45) is 5.92 Å². The topological polar surface area (TPSA) is 27.7 Å². The molecule has 0 spiro atoms. The monoisotopic (exact) mass is 158 g/mol. The first-order chi connectivity index (χ1) is 5.31. The molecule has 2 aliphatic rings. The van der Waals surface area contributed by atoms with E-state index in [9.17, 15) is 0 Å². The zero-order chi connectivity index (χ0) is 7.73. The van der Waals surface area contributed by atoms with Crippen LogP contribution in [0.4, 0.5) is 0 Å². The number of ether oxygens (including phenoxy) is 3. The quantitative estimate of drug-likeness (QED) is 0.521. The summed E-state index contributed by atoms with van der Waals surface area (Å²) in [5.74, 6) is 0.435. The van der Waals surface area contributed by atoms with Crippen molar-refractivity contribution in [3.8, 4) is 0 Å². The third kappa shape index (κ3) is 1.28. The molecule has 2 aliphatic heterocycles. The molecule has 0 N–H and O–H groups in total. The minimum atomic E-state index is 0.0243. The van der Waals surface area contributed by atoms with Gasteiger partial charge in [0, 0.05) is 18.9 Å². The van der Waals surface area contributed by atoms with Crippen LogP contribution in [0.25, 0.3) is 0 Å². The predicted molar refractivity (Wildman–Crippen MR) is 39.2 cm³/mol.